The third-order valence-electron chi connectivity index (χ3n) is 4.72. The van der Waals surface area contributed by atoms with E-state index in [0.29, 0.717) is 11.2 Å². The summed E-state index contributed by atoms with van der Waals surface area (Å²) >= 11 is 0. The van der Waals surface area contributed by atoms with E-state index in [1.165, 1.54) is 34.8 Å². The molecular weight excluding hydrogens is 419 g/mol. The molecular formula is C23H16F3N5O. The second-order valence-electron chi connectivity index (χ2n) is 7.02. The molecule has 0 saturated heterocycles. The van der Waals surface area contributed by atoms with Crippen LogP contribution in [0.5, 0.6) is 0 Å². The number of carbonyl (C=O) groups excluding carboxylic acids is 1. The van der Waals surface area contributed by atoms with Crippen molar-refractivity contribution in [2.45, 2.75) is 13.1 Å². The van der Waals surface area contributed by atoms with Crippen LogP contribution in [0.3, 0.4) is 0 Å². The number of pyridine rings is 2. The summed E-state index contributed by atoms with van der Waals surface area (Å²) in [4.78, 5) is 19.1. The highest BCUT2D eigenvalue weighted by Crippen LogP contribution is 2.35. The number of nitrogen functional groups attached to an aromatic ring is 1. The number of fused-ring (bicyclic) bond motifs is 2. The Morgan fingerprint density at radius 3 is 2.38 bits per heavy atom. The van der Waals surface area contributed by atoms with Gasteiger partial charge in [-0.15, -0.1) is 6.42 Å². The van der Waals surface area contributed by atoms with Gasteiger partial charge < -0.3 is 11.1 Å². The highest BCUT2D eigenvalue weighted by Gasteiger charge is 2.34. The first-order valence-corrected chi connectivity index (χ1v) is 9.37. The van der Waals surface area contributed by atoms with Crippen molar-refractivity contribution in [1.29, 1.82) is 0 Å². The first-order chi connectivity index (χ1) is 15.2. The zero-order chi connectivity index (χ0) is 23.0. The lowest BCUT2D eigenvalue weighted by Gasteiger charge is -2.11. The van der Waals surface area contributed by atoms with Crippen molar-refractivity contribution in [2.24, 2.45) is 0 Å². The van der Waals surface area contributed by atoms with E-state index in [2.05, 4.69) is 45.5 Å². The van der Waals surface area contributed by atoms with Gasteiger partial charge in [0.2, 0.25) is 5.91 Å². The van der Waals surface area contributed by atoms with E-state index >= 15 is 0 Å². The molecule has 0 aliphatic heterocycles. The molecule has 0 bridgehead atoms. The molecule has 0 radical (unpaired) electrons. The van der Waals surface area contributed by atoms with Crippen molar-refractivity contribution in [3.8, 4) is 34.6 Å². The number of imidazole rings is 1. The van der Waals surface area contributed by atoms with Crippen LogP contribution in [0.1, 0.15) is 18.2 Å². The van der Waals surface area contributed by atoms with Crippen molar-refractivity contribution in [1.82, 2.24) is 14.4 Å². The smallest absolute Gasteiger partial charge is 0.383 e. The number of halogens is 3. The number of nitrogens with two attached hydrogens (primary N) is 1. The predicted molar refractivity (Wildman–Crippen MR) is 116 cm³/mol. The summed E-state index contributed by atoms with van der Waals surface area (Å²) in [6.45, 7) is 1.31. The fourth-order valence-corrected chi connectivity index (χ4v) is 3.14. The average molecular weight is 435 g/mol. The number of alkyl halides is 3. The minimum Gasteiger partial charge on any atom is -0.383 e. The molecule has 3 aromatic heterocycles. The standard InChI is InChI=1S/C17H12F3N5O.C6H4/c1-3-13-16(23-9(2)26)24-14-5-4-10(8-25(13)14)11-6-12(17(18,19)20)15(21)22-7-11;1-2-5-4-6(5)3-1/h1,4-8H,2H3,(H2,21,22)(H,23,26);1-4H. The summed E-state index contributed by atoms with van der Waals surface area (Å²) in [7, 11) is 0. The van der Waals surface area contributed by atoms with E-state index in [1.54, 1.807) is 12.1 Å². The van der Waals surface area contributed by atoms with Gasteiger partial charge >= 0.3 is 6.18 Å². The Bertz CT molecular complexity index is 1380. The fraction of sp³-hybridized carbons (Fsp3) is 0.0870. The van der Waals surface area contributed by atoms with E-state index in [0.717, 1.165) is 6.07 Å². The number of hydrogen-bond acceptors (Lipinski definition) is 4. The summed E-state index contributed by atoms with van der Waals surface area (Å²) < 4.78 is 40.6. The lowest BCUT2D eigenvalue weighted by atomic mass is 10.1. The minimum atomic E-state index is -4.62. The highest BCUT2D eigenvalue weighted by atomic mass is 19.4. The number of anilines is 2. The number of nitrogens with zero attached hydrogens (tertiary/aromatic N) is 3. The van der Waals surface area contributed by atoms with Crippen LogP contribution in [-0.2, 0) is 11.0 Å². The molecule has 3 N–H and O–H groups in total. The summed E-state index contributed by atoms with van der Waals surface area (Å²) in [5.41, 5.74) is 8.51. The number of terminal acetylenes is 1. The van der Waals surface area contributed by atoms with E-state index in [9.17, 15) is 18.0 Å². The molecule has 0 saturated carbocycles. The quantitative estimate of drug-likeness (QED) is 0.397. The lowest BCUT2D eigenvalue weighted by Crippen LogP contribution is -2.10. The van der Waals surface area contributed by atoms with Crippen LogP contribution >= 0.6 is 0 Å². The monoisotopic (exact) mass is 435 g/mol. The largest absolute Gasteiger partial charge is 0.419 e. The minimum absolute atomic E-state index is 0.198. The van der Waals surface area contributed by atoms with Gasteiger partial charge in [-0.2, -0.15) is 13.2 Å². The Kier molecular flexibility index (Phi) is 5.06. The van der Waals surface area contributed by atoms with Crippen molar-refractivity contribution in [2.75, 3.05) is 11.1 Å². The highest BCUT2D eigenvalue weighted by molar-refractivity contribution is 5.89. The van der Waals surface area contributed by atoms with E-state index in [-0.39, 0.29) is 23.0 Å². The zero-order valence-corrected chi connectivity index (χ0v) is 16.7. The Morgan fingerprint density at radius 1 is 1.12 bits per heavy atom. The molecule has 0 aromatic carbocycles. The van der Waals surface area contributed by atoms with Gasteiger partial charge in [-0.3, -0.25) is 9.20 Å². The van der Waals surface area contributed by atoms with Crippen LogP contribution < -0.4 is 11.1 Å². The summed E-state index contributed by atoms with van der Waals surface area (Å²) in [5.74, 6) is 1.68. The molecule has 0 unspecified atom stereocenters. The van der Waals surface area contributed by atoms with Crippen molar-refractivity contribution >= 4 is 23.2 Å². The van der Waals surface area contributed by atoms with Crippen molar-refractivity contribution in [3.05, 3.63) is 66.1 Å². The number of benzene rings is 1. The molecule has 2 aliphatic carbocycles. The normalized spacial score (nSPS) is 11.3. The molecule has 32 heavy (non-hydrogen) atoms. The van der Waals surface area contributed by atoms with Crippen LogP contribution in [0.25, 0.3) is 27.9 Å². The third kappa shape index (κ3) is 4.11. The number of carbonyl (C=O) groups is 1. The van der Waals surface area contributed by atoms with Gasteiger partial charge in [0.15, 0.2) is 5.82 Å². The number of hydrogen-bond donors (Lipinski definition) is 2. The van der Waals surface area contributed by atoms with Crippen molar-refractivity contribution < 1.29 is 18.0 Å². The number of aromatic nitrogens is 3. The van der Waals surface area contributed by atoms with E-state index < -0.39 is 17.6 Å². The van der Waals surface area contributed by atoms with Gasteiger partial charge in [0.25, 0.3) is 0 Å². The second-order valence-corrected chi connectivity index (χ2v) is 7.02. The lowest BCUT2D eigenvalue weighted by molar-refractivity contribution is -0.137. The first kappa shape index (κ1) is 20.9. The van der Waals surface area contributed by atoms with Gasteiger partial charge in [-0.25, -0.2) is 9.97 Å². The molecule has 0 atom stereocenters. The molecule has 0 fully saturated rings. The molecule has 3 aromatic rings. The average Bonchev–Trinajstić information content (AvgIpc) is 3.17. The molecule has 0 spiro atoms. The third-order valence-corrected chi connectivity index (χ3v) is 4.72. The van der Waals surface area contributed by atoms with Crippen LogP contribution in [0.4, 0.5) is 24.8 Å². The number of nitrogens with one attached hydrogen (secondary N) is 1. The molecule has 2 aliphatic rings. The molecule has 6 nitrogen and oxygen atoms in total. The Balaban J connectivity index is 0.000000346. The first-order valence-electron chi connectivity index (χ1n) is 9.37. The van der Waals surface area contributed by atoms with Gasteiger partial charge in [0, 0.05) is 30.4 Å². The Labute approximate surface area is 180 Å². The summed E-state index contributed by atoms with van der Waals surface area (Å²) in [5, 5.41) is 2.52. The van der Waals surface area contributed by atoms with Crippen LogP contribution in [-0.4, -0.2) is 20.3 Å². The molecule has 9 heteroatoms. The fourth-order valence-electron chi connectivity index (χ4n) is 3.14. The zero-order valence-electron chi connectivity index (χ0n) is 16.7. The molecule has 5 rings (SSSR count). The predicted octanol–water partition coefficient (Wildman–Crippen LogP) is 4.60. The summed E-state index contributed by atoms with van der Waals surface area (Å²) in [6, 6.07) is 12.6. The van der Waals surface area contributed by atoms with Gasteiger partial charge in [0.05, 0.1) is 5.56 Å². The number of rotatable bonds is 2. The Hall–Kier alpha value is -4.32. The SMILES string of the molecule is C#Cc1c(NC(C)=O)nc2ccc(-c3cnc(N)c(C(F)(F)F)c3)cn12.c1cc2cc-2c1. The van der Waals surface area contributed by atoms with Gasteiger partial charge in [-0.1, -0.05) is 18.2 Å². The molecule has 3 heterocycles. The Morgan fingerprint density at radius 2 is 1.84 bits per heavy atom. The molecule has 160 valence electrons. The van der Waals surface area contributed by atoms with Gasteiger partial charge in [-0.05, 0) is 41.3 Å². The number of amides is 1. The summed E-state index contributed by atoms with van der Waals surface area (Å²) in [6.07, 6.45) is 3.64. The maximum absolute atomic E-state index is 13.0. The van der Waals surface area contributed by atoms with Crippen LogP contribution in [0, 0.1) is 12.3 Å². The second kappa shape index (κ2) is 7.74. The van der Waals surface area contributed by atoms with Crippen LogP contribution in [0.15, 0.2) is 54.9 Å². The van der Waals surface area contributed by atoms with E-state index in [4.69, 9.17) is 12.2 Å². The maximum Gasteiger partial charge on any atom is 0.419 e. The van der Waals surface area contributed by atoms with E-state index in [1.807, 2.05) is 0 Å². The van der Waals surface area contributed by atoms with Crippen molar-refractivity contribution in [3.63, 3.8) is 0 Å². The van der Waals surface area contributed by atoms with Crippen LogP contribution in [0.2, 0.25) is 0 Å². The van der Waals surface area contributed by atoms with Gasteiger partial charge in [0.1, 0.15) is 17.2 Å². The molecule has 1 amide bonds. The maximum atomic E-state index is 13.0. The topological polar surface area (TPSA) is 85.3 Å².